The fourth-order valence-electron chi connectivity index (χ4n) is 6.25. The maximum Gasteiger partial charge on any atom is 0.286 e. The maximum atomic E-state index is 13.3. The topological polar surface area (TPSA) is 113 Å². The molecule has 3 N–H and O–H groups in total. The van der Waals surface area contributed by atoms with Crippen molar-refractivity contribution in [3.8, 4) is 0 Å². The molecule has 4 aliphatic rings. The van der Waals surface area contributed by atoms with E-state index in [1.165, 1.54) is 0 Å². The van der Waals surface area contributed by atoms with Crippen molar-refractivity contribution in [2.24, 2.45) is 16.7 Å². The Morgan fingerprint density at radius 2 is 1.68 bits per heavy atom. The van der Waals surface area contributed by atoms with Gasteiger partial charge in [-0.3, -0.25) is 9.59 Å². The molecule has 2 aliphatic heterocycles. The van der Waals surface area contributed by atoms with Crippen LogP contribution >= 0.6 is 0 Å². The van der Waals surface area contributed by atoms with E-state index < -0.39 is 45.9 Å². The van der Waals surface area contributed by atoms with Gasteiger partial charge >= 0.3 is 0 Å². The highest BCUT2D eigenvalue weighted by molar-refractivity contribution is 5.97. The number of Topliss-reactive ketones (excluding diaryl/α,β-unsaturated/α-hetero) is 2. The molecular weight excluding hydrogens is 364 g/mol. The van der Waals surface area contributed by atoms with Gasteiger partial charge in [-0.2, -0.15) is 0 Å². The Morgan fingerprint density at radius 1 is 1.04 bits per heavy atom. The number of carbonyl (C=O) groups excluding carboxylic acids is 2. The first-order chi connectivity index (χ1) is 12.8. The number of allylic oxidation sites excluding steroid dienone is 1. The van der Waals surface area contributed by atoms with E-state index >= 15 is 0 Å². The van der Waals surface area contributed by atoms with E-state index in [4.69, 9.17) is 9.47 Å². The summed E-state index contributed by atoms with van der Waals surface area (Å²) in [6.45, 7) is 8.70. The third kappa shape index (κ3) is 2.10. The predicted octanol–water partition coefficient (Wildman–Crippen LogP) is 1.23. The fourth-order valence-corrected chi connectivity index (χ4v) is 6.25. The average molecular weight is 394 g/mol. The first-order valence-corrected chi connectivity index (χ1v) is 10.0. The second-order valence-corrected chi connectivity index (χ2v) is 10.0. The lowest BCUT2D eigenvalue weighted by Crippen LogP contribution is -2.78. The number of carbonyl (C=O) groups is 2. The van der Waals surface area contributed by atoms with Gasteiger partial charge in [0.15, 0.2) is 11.6 Å². The molecule has 0 bridgehead atoms. The monoisotopic (exact) mass is 394 g/mol. The van der Waals surface area contributed by atoms with Crippen LogP contribution in [-0.4, -0.2) is 56.4 Å². The molecule has 0 aromatic rings. The van der Waals surface area contributed by atoms with Gasteiger partial charge < -0.3 is 24.8 Å². The molecule has 28 heavy (non-hydrogen) atoms. The Bertz CT molecular complexity index is 786. The van der Waals surface area contributed by atoms with Crippen molar-refractivity contribution < 1.29 is 34.4 Å². The third-order valence-corrected chi connectivity index (χ3v) is 8.26. The Hall–Kier alpha value is -1.44. The van der Waals surface area contributed by atoms with Gasteiger partial charge in [-0.25, -0.2) is 0 Å². The summed E-state index contributed by atoms with van der Waals surface area (Å²) in [5, 5.41) is 32.9. The lowest BCUT2D eigenvalue weighted by atomic mass is 9.40. The molecule has 4 rings (SSSR count). The zero-order valence-electron chi connectivity index (χ0n) is 17.1. The SMILES string of the molecule is C[C@@H]1CC(=O)C2=C(O1)O[C@]1(C)CC[C@]3(O)C(C)(C)[C@H](O)[C@H](O)C(=O)[C@@]3(C)[C@H]1C2. The fraction of sp³-hybridized carbons (Fsp3) is 0.810. The highest BCUT2D eigenvalue weighted by Crippen LogP contribution is 2.66. The van der Waals surface area contributed by atoms with E-state index in [0.29, 0.717) is 12.0 Å². The lowest BCUT2D eigenvalue weighted by molar-refractivity contribution is -0.295. The van der Waals surface area contributed by atoms with Gasteiger partial charge in [-0.1, -0.05) is 13.8 Å². The molecule has 0 unspecified atom stereocenters. The number of ether oxygens (including phenoxy) is 2. The standard InChI is InChI=1S/C21H30O7/c1-10-8-12(22)11-9-13-19(4,28-17(11)27-10)6-7-21(26)18(2,3)15(24)14(23)16(25)20(13,21)5/h10,13-15,23-24,26H,6-9H2,1-5H3/t10-,13+,14+,15-,19-,20-,21+/m1/s1. The molecule has 0 spiro atoms. The summed E-state index contributed by atoms with van der Waals surface area (Å²) in [5.41, 5.74) is -4.47. The predicted molar refractivity (Wildman–Crippen MR) is 97.9 cm³/mol. The molecule has 2 fully saturated rings. The van der Waals surface area contributed by atoms with Gasteiger partial charge in [-0.15, -0.1) is 0 Å². The molecule has 0 aromatic carbocycles. The van der Waals surface area contributed by atoms with Crippen molar-refractivity contribution in [3.63, 3.8) is 0 Å². The minimum absolute atomic E-state index is 0.0726. The summed E-state index contributed by atoms with van der Waals surface area (Å²) in [4.78, 5) is 26.0. The minimum atomic E-state index is -1.60. The summed E-state index contributed by atoms with van der Waals surface area (Å²) in [6, 6.07) is 0. The van der Waals surface area contributed by atoms with E-state index in [1.807, 2.05) is 13.8 Å². The number of aliphatic hydroxyl groups is 3. The molecule has 0 saturated heterocycles. The zero-order valence-corrected chi connectivity index (χ0v) is 17.1. The van der Waals surface area contributed by atoms with Crippen molar-refractivity contribution in [1.82, 2.24) is 0 Å². The van der Waals surface area contributed by atoms with E-state index in [2.05, 4.69) is 0 Å². The normalized spacial score (nSPS) is 50.1. The second kappa shape index (κ2) is 5.58. The van der Waals surface area contributed by atoms with Crippen LogP contribution < -0.4 is 0 Å². The van der Waals surface area contributed by atoms with Gasteiger partial charge in [-0.05, 0) is 40.0 Å². The van der Waals surface area contributed by atoms with Gasteiger partial charge in [0.2, 0.25) is 0 Å². The number of hydrogen-bond donors (Lipinski definition) is 3. The third-order valence-electron chi connectivity index (χ3n) is 8.26. The molecule has 2 saturated carbocycles. The summed E-state index contributed by atoms with van der Waals surface area (Å²) in [7, 11) is 0. The van der Waals surface area contributed by atoms with Crippen LogP contribution in [0.15, 0.2) is 11.5 Å². The molecule has 0 aromatic heterocycles. The van der Waals surface area contributed by atoms with Crippen LogP contribution in [0.1, 0.15) is 60.3 Å². The minimum Gasteiger partial charge on any atom is -0.462 e. The van der Waals surface area contributed by atoms with Gasteiger partial charge in [0, 0.05) is 17.8 Å². The van der Waals surface area contributed by atoms with Crippen molar-refractivity contribution in [3.05, 3.63) is 11.5 Å². The van der Waals surface area contributed by atoms with E-state index in [9.17, 15) is 24.9 Å². The van der Waals surface area contributed by atoms with Gasteiger partial charge in [0.1, 0.15) is 17.8 Å². The molecular formula is C21H30O7. The molecule has 0 amide bonds. The van der Waals surface area contributed by atoms with E-state index in [1.54, 1.807) is 20.8 Å². The molecule has 7 nitrogen and oxygen atoms in total. The molecule has 7 heteroatoms. The molecule has 2 aliphatic carbocycles. The Morgan fingerprint density at radius 3 is 2.32 bits per heavy atom. The van der Waals surface area contributed by atoms with Crippen LogP contribution in [-0.2, 0) is 19.1 Å². The second-order valence-electron chi connectivity index (χ2n) is 10.0. The van der Waals surface area contributed by atoms with Crippen LogP contribution in [0.3, 0.4) is 0 Å². The van der Waals surface area contributed by atoms with Crippen LogP contribution in [0.4, 0.5) is 0 Å². The Balaban J connectivity index is 1.87. The number of rotatable bonds is 0. The van der Waals surface area contributed by atoms with E-state index in [0.717, 1.165) is 0 Å². The maximum absolute atomic E-state index is 13.3. The van der Waals surface area contributed by atoms with Crippen molar-refractivity contribution in [2.75, 3.05) is 0 Å². The summed E-state index contributed by atoms with van der Waals surface area (Å²) < 4.78 is 12.0. The molecule has 0 radical (unpaired) electrons. The van der Waals surface area contributed by atoms with Crippen LogP contribution in [0.5, 0.6) is 0 Å². The number of fused-ring (bicyclic) bond motifs is 3. The van der Waals surface area contributed by atoms with Crippen LogP contribution in [0.2, 0.25) is 0 Å². The smallest absolute Gasteiger partial charge is 0.286 e. The highest BCUT2D eigenvalue weighted by atomic mass is 16.7. The number of ketones is 2. The summed E-state index contributed by atoms with van der Waals surface area (Å²) >= 11 is 0. The summed E-state index contributed by atoms with van der Waals surface area (Å²) in [6.07, 6.45) is -2.10. The quantitative estimate of drug-likeness (QED) is 0.566. The van der Waals surface area contributed by atoms with Crippen LogP contribution in [0.25, 0.3) is 0 Å². The molecule has 156 valence electrons. The van der Waals surface area contributed by atoms with E-state index in [-0.39, 0.29) is 37.1 Å². The Labute approximate surface area is 164 Å². The van der Waals surface area contributed by atoms with Crippen molar-refractivity contribution in [1.29, 1.82) is 0 Å². The molecule has 2 heterocycles. The first kappa shape index (κ1) is 19.9. The average Bonchev–Trinajstić information content (AvgIpc) is 2.61. The Kier molecular flexibility index (Phi) is 3.96. The zero-order chi connectivity index (χ0) is 20.9. The van der Waals surface area contributed by atoms with Gasteiger partial charge in [0.25, 0.3) is 5.95 Å². The van der Waals surface area contributed by atoms with Crippen molar-refractivity contribution in [2.45, 2.75) is 89.8 Å². The van der Waals surface area contributed by atoms with Gasteiger partial charge in [0.05, 0.1) is 22.7 Å². The van der Waals surface area contributed by atoms with Crippen LogP contribution in [0, 0.1) is 16.7 Å². The summed E-state index contributed by atoms with van der Waals surface area (Å²) in [5.74, 6) is -0.966. The highest BCUT2D eigenvalue weighted by Gasteiger charge is 2.75. The molecule has 7 atom stereocenters. The lowest BCUT2D eigenvalue weighted by Gasteiger charge is -2.67. The largest absolute Gasteiger partial charge is 0.462 e. The van der Waals surface area contributed by atoms with Crippen molar-refractivity contribution >= 4 is 11.6 Å². The number of hydrogen-bond acceptors (Lipinski definition) is 7. The first-order valence-electron chi connectivity index (χ1n) is 10.0. The number of aliphatic hydroxyl groups excluding tert-OH is 2.